The molecule has 0 N–H and O–H groups in total. The van der Waals surface area contributed by atoms with Gasteiger partial charge in [-0.15, -0.1) is 0 Å². The van der Waals surface area contributed by atoms with Gasteiger partial charge in [0.15, 0.2) is 6.29 Å². The molecule has 0 aliphatic heterocycles. The highest BCUT2D eigenvalue weighted by Gasteiger charge is 2.25. The van der Waals surface area contributed by atoms with Gasteiger partial charge in [-0.1, -0.05) is 47.5 Å². The van der Waals surface area contributed by atoms with Gasteiger partial charge in [0.2, 0.25) is 0 Å². The molecule has 5 rings (SSSR count). The number of carbonyl (C=O) groups excluding carboxylic acids is 1. The summed E-state index contributed by atoms with van der Waals surface area (Å²) < 4.78 is 4.00. The molecule has 2 aromatic carbocycles. The molecule has 0 aliphatic carbocycles. The van der Waals surface area contributed by atoms with Crippen LogP contribution in [0.2, 0.25) is 10.0 Å². The van der Waals surface area contributed by atoms with E-state index in [1.807, 2.05) is 43.0 Å². The van der Waals surface area contributed by atoms with E-state index in [-0.39, 0.29) is 0 Å². The van der Waals surface area contributed by atoms with Crippen molar-refractivity contribution in [2.45, 2.75) is 59.9 Å². The van der Waals surface area contributed by atoms with E-state index in [0.29, 0.717) is 17.3 Å². The summed E-state index contributed by atoms with van der Waals surface area (Å²) in [6.45, 7) is 8.70. The van der Waals surface area contributed by atoms with Gasteiger partial charge >= 0.3 is 0 Å². The molecule has 206 valence electrons. The van der Waals surface area contributed by atoms with Crippen molar-refractivity contribution in [3.63, 3.8) is 0 Å². The van der Waals surface area contributed by atoms with Crippen LogP contribution in [-0.4, -0.2) is 25.6 Å². The Morgan fingerprint density at radius 3 is 2.27 bits per heavy atom. The maximum absolute atomic E-state index is 12.7. The summed E-state index contributed by atoms with van der Waals surface area (Å²) in [5.41, 5.74) is 11.2. The van der Waals surface area contributed by atoms with E-state index in [0.717, 1.165) is 92.7 Å². The molecular formula is C33H34Cl2N4O. The van der Waals surface area contributed by atoms with Crippen LogP contribution in [0.3, 0.4) is 0 Å². The first-order chi connectivity index (χ1) is 19.2. The minimum Gasteiger partial charge on any atom is -0.333 e. The summed E-state index contributed by atoms with van der Waals surface area (Å²) in [4.78, 5) is 17.1. The van der Waals surface area contributed by atoms with Crippen LogP contribution in [0.15, 0.2) is 48.8 Å². The molecule has 40 heavy (non-hydrogen) atoms. The Morgan fingerprint density at radius 2 is 1.65 bits per heavy atom. The van der Waals surface area contributed by atoms with Gasteiger partial charge in [0.25, 0.3) is 0 Å². The molecule has 0 fully saturated rings. The van der Waals surface area contributed by atoms with Crippen LogP contribution in [0.1, 0.15) is 62.5 Å². The van der Waals surface area contributed by atoms with Gasteiger partial charge in [-0.3, -0.25) is 14.5 Å². The van der Waals surface area contributed by atoms with Crippen molar-refractivity contribution in [2.75, 3.05) is 0 Å². The number of unbranched alkanes of at least 4 members (excludes halogenated alkanes) is 1. The van der Waals surface area contributed by atoms with Crippen LogP contribution in [0.4, 0.5) is 0 Å². The number of hydrogen-bond donors (Lipinski definition) is 0. The van der Waals surface area contributed by atoms with Gasteiger partial charge in [0.05, 0.1) is 21.9 Å². The van der Waals surface area contributed by atoms with Gasteiger partial charge in [0, 0.05) is 53.2 Å². The van der Waals surface area contributed by atoms with E-state index in [2.05, 4.69) is 53.6 Å². The predicted molar refractivity (Wildman–Crippen MR) is 165 cm³/mol. The molecule has 0 saturated heterocycles. The first-order valence-electron chi connectivity index (χ1n) is 13.6. The zero-order valence-electron chi connectivity index (χ0n) is 23.7. The second kappa shape index (κ2) is 11.6. The first-order valence-corrected chi connectivity index (χ1v) is 14.4. The van der Waals surface area contributed by atoms with Crippen molar-refractivity contribution in [3.8, 4) is 11.1 Å². The minimum absolute atomic E-state index is 0.521. The third kappa shape index (κ3) is 5.21. The molecule has 3 aromatic heterocycles. The maximum Gasteiger partial charge on any atom is 0.166 e. The second-order valence-electron chi connectivity index (χ2n) is 10.7. The lowest BCUT2D eigenvalue weighted by Crippen LogP contribution is -2.06. The molecule has 3 heterocycles. The number of fused-ring (bicyclic) bond motifs is 1. The van der Waals surface area contributed by atoms with Gasteiger partial charge in [-0.25, -0.2) is 0 Å². The van der Waals surface area contributed by atoms with E-state index < -0.39 is 0 Å². The highest BCUT2D eigenvalue weighted by Crippen LogP contribution is 2.42. The van der Waals surface area contributed by atoms with Crippen molar-refractivity contribution in [1.82, 2.24) is 19.3 Å². The molecule has 0 radical (unpaired) electrons. The number of carbonyl (C=O) groups is 1. The van der Waals surface area contributed by atoms with Gasteiger partial charge < -0.3 is 4.57 Å². The topological polar surface area (TPSA) is 52.7 Å². The van der Waals surface area contributed by atoms with Crippen LogP contribution in [0.25, 0.3) is 22.0 Å². The van der Waals surface area contributed by atoms with Crippen molar-refractivity contribution in [1.29, 1.82) is 0 Å². The molecule has 5 aromatic rings. The number of aryl methyl sites for hydroxylation is 6. The van der Waals surface area contributed by atoms with E-state index in [1.54, 1.807) is 6.20 Å². The fourth-order valence-corrected chi connectivity index (χ4v) is 6.29. The molecule has 0 spiro atoms. The van der Waals surface area contributed by atoms with E-state index in [9.17, 15) is 4.79 Å². The summed E-state index contributed by atoms with van der Waals surface area (Å²) in [6.07, 6.45) is 8.33. The standard InChI is InChI=1S/C33H34Cl2N4O/c1-20-15-24(16-21(2)32(20)35)9-6-7-11-26-27-12-13-28(34)31(30-22(3)37-38(5)23(30)4)33(27)39(29(26)19-40)18-25-10-8-14-36-17-25/h8,10,12-17,19H,6-7,9,11,18H2,1-5H3. The summed E-state index contributed by atoms with van der Waals surface area (Å²) in [7, 11) is 1.94. The third-order valence-corrected chi connectivity index (χ3v) is 8.81. The number of halogens is 2. The smallest absolute Gasteiger partial charge is 0.166 e. The summed E-state index contributed by atoms with van der Waals surface area (Å²) in [5, 5.41) is 7.22. The molecule has 0 amide bonds. The number of rotatable bonds is 9. The van der Waals surface area contributed by atoms with Crippen LogP contribution >= 0.6 is 23.2 Å². The second-order valence-corrected chi connectivity index (χ2v) is 11.5. The van der Waals surface area contributed by atoms with E-state index in [4.69, 9.17) is 23.2 Å². The predicted octanol–water partition coefficient (Wildman–Crippen LogP) is 8.40. The number of aldehydes is 1. The average Bonchev–Trinajstić information content (AvgIpc) is 3.36. The lowest BCUT2D eigenvalue weighted by molar-refractivity contribution is 0.111. The molecular weight excluding hydrogens is 539 g/mol. The Hall–Kier alpha value is -3.41. The lowest BCUT2D eigenvalue weighted by atomic mass is 9.97. The Balaban J connectivity index is 1.59. The van der Waals surface area contributed by atoms with Crippen molar-refractivity contribution in [3.05, 3.63) is 104 Å². The molecule has 0 aliphatic rings. The lowest BCUT2D eigenvalue weighted by Gasteiger charge is -2.13. The Morgan fingerprint density at radius 1 is 0.925 bits per heavy atom. The SMILES string of the molecule is Cc1cc(CCCCc2c(C=O)n(Cc3cccnc3)c3c(-c4c(C)nn(C)c4C)c(Cl)ccc23)cc(C)c1Cl. The number of pyridine rings is 1. The number of aromatic nitrogens is 4. The Labute approximate surface area is 245 Å². The normalized spacial score (nSPS) is 11.5. The molecule has 0 unspecified atom stereocenters. The van der Waals surface area contributed by atoms with E-state index in [1.165, 1.54) is 5.56 Å². The highest BCUT2D eigenvalue weighted by atomic mass is 35.5. The molecule has 0 bridgehead atoms. The van der Waals surface area contributed by atoms with Crippen LogP contribution < -0.4 is 0 Å². The Kier molecular flexibility index (Phi) is 8.16. The van der Waals surface area contributed by atoms with E-state index >= 15 is 0 Å². The van der Waals surface area contributed by atoms with Crippen molar-refractivity contribution < 1.29 is 4.79 Å². The molecule has 7 heteroatoms. The van der Waals surface area contributed by atoms with Gasteiger partial charge in [-0.2, -0.15) is 5.10 Å². The zero-order valence-corrected chi connectivity index (χ0v) is 25.2. The van der Waals surface area contributed by atoms with Crippen LogP contribution in [0.5, 0.6) is 0 Å². The fraction of sp³-hybridized carbons (Fsp3) is 0.303. The summed E-state index contributed by atoms with van der Waals surface area (Å²) in [6, 6.07) is 12.3. The van der Waals surface area contributed by atoms with Crippen LogP contribution in [-0.2, 0) is 26.4 Å². The monoisotopic (exact) mass is 572 g/mol. The first kappa shape index (κ1) is 28.1. The van der Waals surface area contributed by atoms with Crippen molar-refractivity contribution >= 4 is 40.4 Å². The van der Waals surface area contributed by atoms with Gasteiger partial charge in [0.1, 0.15) is 0 Å². The summed E-state index contributed by atoms with van der Waals surface area (Å²) >= 11 is 13.3. The third-order valence-electron chi connectivity index (χ3n) is 7.89. The van der Waals surface area contributed by atoms with Crippen LogP contribution in [0, 0.1) is 27.7 Å². The highest BCUT2D eigenvalue weighted by molar-refractivity contribution is 6.35. The summed E-state index contributed by atoms with van der Waals surface area (Å²) in [5.74, 6) is 0. The number of benzene rings is 2. The van der Waals surface area contributed by atoms with Crippen molar-refractivity contribution in [2.24, 2.45) is 7.05 Å². The minimum atomic E-state index is 0.521. The number of nitrogens with zero attached hydrogens (tertiary/aromatic N) is 4. The number of hydrogen-bond acceptors (Lipinski definition) is 3. The molecule has 5 nitrogen and oxygen atoms in total. The zero-order chi connectivity index (χ0) is 28.6. The molecule has 0 saturated carbocycles. The fourth-order valence-electron chi connectivity index (χ4n) is 5.93. The Bertz CT molecular complexity index is 1690. The van der Waals surface area contributed by atoms with Gasteiger partial charge in [-0.05, 0) is 93.3 Å². The molecule has 0 atom stereocenters. The average molecular weight is 574 g/mol. The largest absolute Gasteiger partial charge is 0.333 e. The maximum atomic E-state index is 12.7. The quantitative estimate of drug-likeness (QED) is 0.131.